The number of hydrogen-bond acceptors (Lipinski definition) is 7. The van der Waals surface area contributed by atoms with Crippen LogP contribution in [0.25, 0.3) is 11.3 Å². The molecule has 35 heavy (non-hydrogen) atoms. The first kappa shape index (κ1) is 25.7. The van der Waals surface area contributed by atoms with Crippen LogP contribution in [0.4, 0.5) is 5.69 Å². The average Bonchev–Trinajstić information content (AvgIpc) is 3.23. The number of aliphatic carboxylic acids is 1. The highest BCUT2D eigenvalue weighted by Crippen LogP contribution is 2.34. The zero-order chi connectivity index (χ0) is 25.5. The molecule has 3 rings (SSSR count). The van der Waals surface area contributed by atoms with Crippen molar-refractivity contribution in [3.63, 3.8) is 0 Å². The normalized spacial score (nSPS) is 11.8. The Balaban J connectivity index is 1.77. The number of aryl methyl sites for hydroxylation is 1. The van der Waals surface area contributed by atoms with E-state index in [9.17, 15) is 9.59 Å². The van der Waals surface area contributed by atoms with E-state index in [1.54, 1.807) is 38.7 Å². The minimum absolute atomic E-state index is 0.0275. The minimum atomic E-state index is -0.950. The molecule has 3 aromatic heterocycles. The molecule has 0 radical (unpaired) electrons. The number of ether oxygens (including phenoxy) is 1. The van der Waals surface area contributed by atoms with Crippen LogP contribution in [0.3, 0.4) is 0 Å². The number of anilines is 1. The number of carboxylic acids is 1. The van der Waals surface area contributed by atoms with Crippen LogP contribution in [0.1, 0.15) is 54.5 Å². The average molecular weight is 481 g/mol. The summed E-state index contributed by atoms with van der Waals surface area (Å²) in [6.45, 7) is 6.38. The zero-order valence-electron chi connectivity index (χ0n) is 20.7. The Morgan fingerprint density at radius 3 is 2.51 bits per heavy atom. The Morgan fingerprint density at radius 2 is 1.94 bits per heavy atom. The lowest BCUT2D eigenvalue weighted by molar-refractivity contribution is -0.137. The van der Waals surface area contributed by atoms with Crippen LogP contribution in [0, 0.1) is 12.8 Å². The van der Waals surface area contributed by atoms with E-state index < -0.39 is 5.97 Å². The predicted molar refractivity (Wildman–Crippen MR) is 132 cm³/mol. The molecular weight excluding hydrogens is 448 g/mol. The van der Waals surface area contributed by atoms with Gasteiger partial charge in [0.05, 0.1) is 31.5 Å². The summed E-state index contributed by atoms with van der Waals surface area (Å²) < 4.78 is 11.2. The molecule has 0 bridgehead atoms. The number of nitrogens with one attached hydrogen (secondary N) is 1. The Labute approximate surface area is 205 Å². The molecule has 0 aliphatic rings. The lowest BCUT2D eigenvalue weighted by Crippen LogP contribution is -2.29. The smallest absolute Gasteiger partial charge is 0.305 e. The lowest BCUT2D eigenvalue weighted by Gasteiger charge is -2.22. The maximum Gasteiger partial charge on any atom is 0.305 e. The molecule has 0 spiro atoms. The van der Waals surface area contributed by atoms with Crippen molar-refractivity contribution in [3.05, 3.63) is 59.7 Å². The van der Waals surface area contributed by atoms with Crippen molar-refractivity contribution in [3.8, 4) is 17.2 Å². The molecule has 1 amide bonds. The number of amides is 1. The fourth-order valence-corrected chi connectivity index (χ4v) is 3.73. The predicted octanol–water partition coefficient (Wildman–Crippen LogP) is 4.80. The molecule has 0 aromatic carbocycles. The molecule has 2 N–H and O–H groups in total. The molecule has 186 valence electrons. The third-order valence-electron chi connectivity index (χ3n) is 5.60. The van der Waals surface area contributed by atoms with Crippen LogP contribution >= 0.6 is 0 Å². The molecular formula is C26H32N4O5. The quantitative estimate of drug-likeness (QED) is 0.402. The van der Waals surface area contributed by atoms with Crippen LogP contribution in [-0.4, -0.2) is 52.6 Å². The fraction of sp³-hybridized carbons (Fsp3) is 0.385. The molecule has 0 saturated carbocycles. The van der Waals surface area contributed by atoms with E-state index in [1.807, 2.05) is 25.1 Å². The largest absolute Gasteiger partial charge is 0.481 e. The summed E-state index contributed by atoms with van der Waals surface area (Å²) in [4.78, 5) is 33.2. The van der Waals surface area contributed by atoms with Gasteiger partial charge in [-0.15, -0.1) is 0 Å². The van der Waals surface area contributed by atoms with Crippen molar-refractivity contribution in [2.24, 2.45) is 5.92 Å². The van der Waals surface area contributed by atoms with Gasteiger partial charge in [0.2, 0.25) is 5.88 Å². The van der Waals surface area contributed by atoms with E-state index in [2.05, 4.69) is 29.1 Å². The van der Waals surface area contributed by atoms with E-state index in [4.69, 9.17) is 14.3 Å². The van der Waals surface area contributed by atoms with Crippen LogP contribution in [0.2, 0.25) is 0 Å². The summed E-state index contributed by atoms with van der Waals surface area (Å²) >= 11 is 0. The Kier molecular flexibility index (Phi) is 8.46. The summed E-state index contributed by atoms with van der Waals surface area (Å²) in [5.41, 5.74) is 2.93. The first-order valence-electron chi connectivity index (χ1n) is 11.5. The van der Waals surface area contributed by atoms with Crippen molar-refractivity contribution in [2.45, 2.75) is 39.7 Å². The second-order valence-corrected chi connectivity index (χ2v) is 8.84. The van der Waals surface area contributed by atoms with Gasteiger partial charge in [-0.05, 0) is 43.5 Å². The molecule has 3 aromatic rings. The molecule has 1 atom stereocenters. The van der Waals surface area contributed by atoms with Crippen molar-refractivity contribution >= 4 is 17.6 Å². The van der Waals surface area contributed by atoms with E-state index in [1.165, 1.54) is 4.90 Å². The third kappa shape index (κ3) is 6.81. The number of aromatic nitrogens is 2. The van der Waals surface area contributed by atoms with Crippen LogP contribution in [-0.2, 0) is 4.79 Å². The van der Waals surface area contributed by atoms with E-state index >= 15 is 0 Å². The van der Waals surface area contributed by atoms with Gasteiger partial charge in [0, 0.05) is 37.0 Å². The number of carbonyl (C=O) groups is 2. The first-order chi connectivity index (χ1) is 16.7. The molecule has 9 nitrogen and oxygen atoms in total. The number of carboxylic acid groups (broad SMARTS) is 1. The first-order valence-corrected chi connectivity index (χ1v) is 11.5. The number of pyridine rings is 2. The number of nitrogens with zero attached hydrogens (tertiary/aromatic N) is 3. The maximum absolute atomic E-state index is 12.5. The summed E-state index contributed by atoms with van der Waals surface area (Å²) in [6.07, 6.45) is 4.09. The summed E-state index contributed by atoms with van der Waals surface area (Å²) in [6, 6.07) is 9.16. The van der Waals surface area contributed by atoms with E-state index in [0.29, 0.717) is 11.8 Å². The van der Waals surface area contributed by atoms with Crippen molar-refractivity contribution in [2.75, 3.05) is 26.0 Å². The lowest BCUT2D eigenvalue weighted by atomic mass is 9.96. The third-order valence-corrected chi connectivity index (χ3v) is 5.60. The van der Waals surface area contributed by atoms with Crippen molar-refractivity contribution < 1.29 is 23.8 Å². The van der Waals surface area contributed by atoms with Gasteiger partial charge in [0.1, 0.15) is 17.2 Å². The summed E-state index contributed by atoms with van der Waals surface area (Å²) in [5, 5.41) is 12.3. The van der Waals surface area contributed by atoms with Gasteiger partial charge >= 0.3 is 5.97 Å². The van der Waals surface area contributed by atoms with Gasteiger partial charge in [0.25, 0.3) is 5.91 Å². The highest BCUT2D eigenvalue weighted by atomic mass is 16.5. The van der Waals surface area contributed by atoms with Crippen molar-refractivity contribution in [1.82, 2.24) is 14.9 Å². The number of rotatable bonds is 11. The molecule has 0 aliphatic carbocycles. The summed E-state index contributed by atoms with van der Waals surface area (Å²) in [7, 11) is 3.14. The Hall–Kier alpha value is -3.88. The van der Waals surface area contributed by atoms with Gasteiger partial charge in [-0.1, -0.05) is 13.8 Å². The fourth-order valence-electron chi connectivity index (χ4n) is 3.73. The number of carbonyl (C=O) groups excluding carboxylic acids is 1. The van der Waals surface area contributed by atoms with Crippen LogP contribution < -0.4 is 10.1 Å². The molecule has 9 heteroatoms. The summed E-state index contributed by atoms with van der Waals surface area (Å²) in [5.74, 6) is 1.23. The second kappa shape index (κ2) is 11.5. The Morgan fingerprint density at radius 1 is 1.17 bits per heavy atom. The highest BCUT2D eigenvalue weighted by molar-refractivity contribution is 5.92. The van der Waals surface area contributed by atoms with Gasteiger partial charge < -0.3 is 24.5 Å². The molecule has 0 fully saturated rings. The van der Waals surface area contributed by atoms with Crippen molar-refractivity contribution in [1.29, 1.82) is 0 Å². The standard InChI is InChI=1S/C26H32N4O5/c1-16(2)12-22(20-13-23(35-17(20)3)18-6-9-24(34-5)28-14-18)29-19-7-8-21(27-15-19)26(33)30(4)11-10-25(31)32/h6-9,13-16,22,29H,10-12H2,1-5H3,(H,31,32). The SMILES string of the molecule is COc1ccc(-c2cc(C(CC(C)C)Nc3ccc(C(=O)N(C)CCC(=O)O)nc3)c(C)o2)cn1. The molecule has 0 saturated heterocycles. The van der Waals surface area contributed by atoms with E-state index in [-0.39, 0.29) is 30.6 Å². The number of furan rings is 1. The molecule has 0 aliphatic heterocycles. The molecule has 1 unspecified atom stereocenters. The second-order valence-electron chi connectivity index (χ2n) is 8.84. The van der Waals surface area contributed by atoms with Gasteiger partial charge in [-0.2, -0.15) is 0 Å². The van der Waals surface area contributed by atoms with Crippen LogP contribution in [0.15, 0.2) is 47.1 Å². The highest BCUT2D eigenvalue weighted by Gasteiger charge is 2.21. The minimum Gasteiger partial charge on any atom is -0.481 e. The topological polar surface area (TPSA) is 118 Å². The van der Waals surface area contributed by atoms with E-state index in [0.717, 1.165) is 34.8 Å². The number of hydrogen-bond donors (Lipinski definition) is 2. The Bertz CT molecular complexity index is 1140. The van der Waals surface area contributed by atoms with Crippen LogP contribution in [0.5, 0.6) is 5.88 Å². The zero-order valence-corrected chi connectivity index (χ0v) is 20.7. The van der Waals surface area contributed by atoms with Gasteiger partial charge in [0.15, 0.2) is 0 Å². The monoisotopic (exact) mass is 480 g/mol. The van der Waals surface area contributed by atoms with Gasteiger partial charge in [-0.25, -0.2) is 9.97 Å². The maximum atomic E-state index is 12.5. The molecule has 3 heterocycles. The van der Waals surface area contributed by atoms with Gasteiger partial charge in [-0.3, -0.25) is 9.59 Å². The number of methoxy groups -OCH3 is 1.